The minimum Gasteiger partial charge on any atom is -0.494 e. The average Bonchev–Trinajstić information content (AvgIpc) is 3.32. The first kappa shape index (κ1) is 22.6. The van der Waals surface area contributed by atoms with Crippen LogP contribution in [0.5, 0.6) is 11.5 Å². The maximum absolute atomic E-state index is 9.72. The lowest BCUT2D eigenvalue weighted by Crippen LogP contribution is -1.98. The van der Waals surface area contributed by atoms with Crippen molar-refractivity contribution in [3.63, 3.8) is 0 Å². The molecule has 0 fully saturated rings. The molecule has 2 aromatic carbocycles. The summed E-state index contributed by atoms with van der Waals surface area (Å²) in [7, 11) is 0. The van der Waals surface area contributed by atoms with E-state index in [0.29, 0.717) is 0 Å². The SMILES string of the molecule is CCCCOc1ccc2c(c1)C(O)CC2.CCCCOc1ccc2c(c1)C(O)CC2. The summed E-state index contributed by atoms with van der Waals surface area (Å²) in [6.45, 7) is 5.84. The first-order chi connectivity index (χ1) is 14.6. The highest BCUT2D eigenvalue weighted by Gasteiger charge is 2.21. The smallest absolute Gasteiger partial charge is 0.119 e. The van der Waals surface area contributed by atoms with Crippen LogP contribution in [0.2, 0.25) is 0 Å². The molecule has 4 heteroatoms. The van der Waals surface area contributed by atoms with Gasteiger partial charge < -0.3 is 19.7 Å². The molecule has 0 aromatic heterocycles. The van der Waals surface area contributed by atoms with Crippen molar-refractivity contribution in [3.8, 4) is 11.5 Å². The number of unbranched alkanes of at least 4 members (excludes halogenated alkanes) is 2. The normalized spacial score (nSPS) is 18.9. The number of benzene rings is 2. The summed E-state index contributed by atoms with van der Waals surface area (Å²) in [5.74, 6) is 1.78. The minimum atomic E-state index is -0.283. The Hall–Kier alpha value is -2.04. The van der Waals surface area contributed by atoms with Gasteiger partial charge in [0, 0.05) is 0 Å². The van der Waals surface area contributed by atoms with E-state index in [-0.39, 0.29) is 12.2 Å². The number of fused-ring (bicyclic) bond motifs is 2. The molecule has 0 amide bonds. The van der Waals surface area contributed by atoms with E-state index in [2.05, 4.69) is 26.0 Å². The van der Waals surface area contributed by atoms with Gasteiger partial charge in [0.1, 0.15) is 11.5 Å². The minimum absolute atomic E-state index is 0.283. The molecule has 0 radical (unpaired) electrons. The third-order valence-electron chi connectivity index (χ3n) is 5.86. The number of aryl methyl sites for hydroxylation is 2. The van der Waals surface area contributed by atoms with Crippen molar-refractivity contribution in [3.05, 3.63) is 58.7 Å². The van der Waals surface area contributed by atoms with Crippen LogP contribution in [0.25, 0.3) is 0 Å². The van der Waals surface area contributed by atoms with Crippen LogP contribution in [0.4, 0.5) is 0 Å². The fourth-order valence-electron chi connectivity index (χ4n) is 3.97. The number of hydrogen-bond acceptors (Lipinski definition) is 4. The second-order valence-corrected chi connectivity index (χ2v) is 8.23. The van der Waals surface area contributed by atoms with Gasteiger partial charge in [0.15, 0.2) is 0 Å². The largest absolute Gasteiger partial charge is 0.494 e. The molecule has 2 unspecified atom stereocenters. The summed E-state index contributed by atoms with van der Waals surface area (Å²) in [6, 6.07) is 12.1. The molecule has 0 saturated carbocycles. The summed E-state index contributed by atoms with van der Waals surface area (Å²) in [5.41, 5.74) is 4.66. The molecule has 2 aliphatic carbocycles. The Morgan fingerprint density at radius 1 is 0.733 bits per heavy atom. The van der Waals surface area contributed by atoms with Crippen molar-refractivity contribution in [1.82, 2.24) is 0 Å². The molecule has 4 rings (SSSR count). The molecular formula is C26H36O4. The van der Waals surface area contributed by atoms with Crippen LogP contribution < -0.4 is 9.47 Å². The highest BCUT2D eigenvalue weighted by atomic mass is 16.5. The molecule has 0 bridgehead atoms. The molecule has 30 heavy (non-hydrogen) atoms. The lowest BCUT2D eigenvalue weighted by molar-refractivity contribution is 0.179. The van der Waals surface area contributed by atoms with E-state index in [1.165, 1.54) is 11.1 Å². The van der Waals surface area contributed by atoms with Gasteiger partial charge >= 0.3 is 0 Å². The number of hydrogen-bond donors (Lipinski definition) is 2. The van der Waals surface area contributed by atoms with Crippen LogP contribution in [0, 0.1) is 0 Å². The molecule has 164 valence electrons. The van der Waals surface area contributed by atoms with E-state index in [1.54, 1.807) is 0 Å². The second kappa shape index (κ2) is 11.4. The molecule has 2 N–H and O–H groups in total. The summed E-state index contributed by atoms with van der Waals surface area (Å²) >= 11 is 0. The highest BCUT2D eigenvalue weighted by molar-refractivity contribution is 5.40. The van der Waals surface area contributed by atoms with Gasteiger partial charge in [-0.1, -0.05) is 38.8 Å². The first-order valence-electron chi connectivity index (χ1n) is 11.5. The van der Waals surface area contributed by atoms with Crippen molar-refractivity contribution in [2.45, 2.75) is 77.4 Å². The van der Waals surface area contributed by atoms with E-state index in [0.717, 1.165) is 87.2 Å². The van der Waals surface area contributed by atoms with Crippen LogP contribution in [0.3, 0.4) is 0 Å². The van der Waals surface area contributed by atoms with Gasteiger partial charge in [-0.25, -0.2) is 0 Å². The average molecular weight is 413 g/mol. The quantitative estimate of drug-likeness (QED) is 0.547. The van der Waals surface area contributed by atoms with E-state index in [4.69, 9.17) is 9.47 Å². The molecule has 0 spiro atoms. The van der Waals surface area contributed by atoms with Gasteiger partial charge in [0.25, 0.3) is 0 Å². The van der Waals surface area contributed by atoms with Gasteiger partial charge in [-0.3, -0.25) is 0 Å². The Kier molecular flexibility index (Phi) is 8.59. The highest BCUT2D eigenvalue weighted by Crippen LogP contribution is 2.34. The lowest BCUT2D eigenvalue weighted by Gasteiger charge is -2.09. The standard InChI is InChI=1S/2C13H18O2/c2*1-2-3-8-15-11-6-4-10-5-7-13(14)12(10)9-11/h2*4,6,9,13-14H,2-3,5,7-8H2,1H3. The third-order valence-corrected chi connectivity index (χ3v) is 5.86. The molecule has 2 aliphatic rings. The number of aliphatic hydroxyl groups excluding tert-OH is 2. The van der Waals surface area contributed by atoms with E-state index in [1.807, 2.05) is 24.3 Å². The van der Waals surface area contributed by atoms with Crippen molar-refractivity contribution in [2.24, 2.45) is 0 Å². The van der Waals surface area contributed by atoms with Gasteiger partial charge in [-0.05, 0) is 85.0 Å². The molecule has 2 aromatic rings. The molecule has 2 atom stereocenters. The van der Waals surface area contributed by atoms with E-state index < -0.39 is 0 Å². The molecule has 4 nitrogen and oxygen atoms in total. The zero-order valence-electron chi connectivity index (χ0n) is 18.4. The summed E-state index contributed by atoms with van der Waals surface area (Å²) in [5, 5.41) is 19.4. The van der Waals surface area contributed by atoms with Crippen LogP contribution in [0.15, 0.2) is 36.4 Å². The Labute approximate surface area is 180 Å². The fraction of sp³-hybridized carbons (Fsp3) is 0.538. The Bertz CT molecular complexity index is 734. The maximum atomic E-state index is 9.72. The Morgan fingerprint density at radius 3 is 1.57 bits per heavy atom. The molecule has 0 heterocycles. The fourth-order valence-corrected chi connectivity index (χ4v) is 3.97. The lowest BCUT2D eigenvalue weighted by atomic mass is 10.1. The van der Waals surface area contributed by atoms with E-state index in [9.17, 15) is 10.2 Å². The Morgan fingerprint density at radius 2 is 1.17 bits per heavy atom. The van der Waals surface area contributed by atoms with Crippen molar-refractivity contribution >= 4 is 0 Å². The summed E-state index contributed by atoms with van der Waals surface area (Å²) in [6.07, 6.45) is 7.59. The van der Waals surface area contributed by atoms with Gasteiger partial charge in [0.05, 0.1) is 25.4 Å². The third kappa shape index (κ3) is 5.99. The first-order valence-corrected chi connectivity index (χ1v) is 11.5. The maximum Gasteiger partial charge on any atom is 0.119 e. The van der Waals surface area contributed by atoms with Gasteiger partial charge in [0.2, 0.25) is 0 Å². The molecular weight excluding hydrogens is 376 g/mol. The topological polar surface area (TPSA) is 58.9 Å². The summed E-state index contributed by atoms with van der Waals surface area (Å²) < 4.78 is 11.2. The Balaban J connectivity index is 0.000000171. The monoisotopic (exact) mass is 412 g/mol. The van der Waals surface area contributed by atoms with Crippen LogP contribution in [-0.2, 0) is 12.8 Å². The van der Waals surface area contributed by atoms with Gasteiger partial charge in [-0.2, -0.15) is 0 Å². The molecule has 0 aliphatic heterocycles. The van der Waals surface area contributed by atoms with Crippen LogP contribution in [0.1, 0.15) is 86.8 Å². The van der Waals surface area contributed by atoms with E-state index >= 15 is 0 Å². The van der Waals surface area contributed by atoms with Crippen molar-refractivity contribution in [2.75, 3.05) is 13.2 Å². The zero-order chi connectivity index (χ0) is 21.3. The van der Waals surface area contributed by atoms with Crippen LogP contribution >= 0.6 is 0 Å². The zero-order valence-corrected chi connectivity index (χ0v) is 18.4. The second-order valence-electron chi connectivity index (χ2n) is 8.23. The number of aliphatic hydroxyl groups is 2. The number of ether oxygens (including phenoxy) is 2. The predicted molar refractivity (Wildman–Crippen MR) is 120 cm³/mol. The van der Waals surface area contributed by atoms with Crippen molar-refractivity contribution < 1.29 is 19.7 Å². The van der Waals surface area contributed by atoms with Crippen LogP contribution in [-0.4, -0.2) is 23.4 Å². The van der Waals surface area contributed by atoms with Gasteiger partial charge in [-0.15, -0.1) is 0 Å². The van der Waals surface area contributed by atoms with Crippen molar-refractivity contribution in [1.29, 1.82) is 0 Å². The number of rotatable bonds is 8. The molecule has 0 saturated heterocycles. The predicted octanol–water partition coefficient (Wildman–Crippen LogP) is 5.69. The summed E-state index contributed by atoms with van der Waals surface area (Å²) in [4.78, 5) is 0.